The van der Waals surface area contributed by atoms with Crippen LogP contribution in [0, 0.1) is 0 Å². The quantitative estimate of drug-likeness (QED) is 0.274. The smallest absolute Gasteiger partial charge is 0.160 e. The molecule has 128 valence electrons. The summed E-state index contributed by atoms with van der Waals surface area (Å²) < 4.78 is 9.71. The van der Waals surface area contributed by atoms with Gasteiger partial charge in [-0.3, -0.25) is 0 Å². The second-order valence-electron chi connectivity index (χ2n) is 6.75. The van der Waals surface area contributed by atoms with Crippen LogP contribution in [0.2, 0.25) is 0 Å². The number of fused-ring (bicyclic) bond motifs is 7. The van der Waals surface area contributed by atoms with Crippen LogP contribution in [0.4, 0.5) is 0 Å². The minimum atomic E-state index is 0.893. The normalized spacial score (nSPS) is 11.9. The number of rotatable bonds is 1. The summed E-state index contributed by atoms with van der Waals surface area (Å²) in [6.07, 6.45) is 0. The van der Waals surface area contributed by atoms with Crippen LogP contribution in [0.5, 0.6) is 0 Å². The van der Waals surface area contributed by atoms with Crippen LogP contribution in [0.3, 0.4) is 0 Å². The maximum Gasteiger partial charge on any atom is 0.160 e. The van der Waals surface area contributed by atoms with Gasteiger partial charge in [0.25, 0.3) is 0 Å². The van der Waals surface area contributed by atoms with E-state index in [1.54, 1.807) is 0 Å². The highest BCUT2D eigenvalue weighted by atomic mass is 79.9. The second-order valence-corrected chi connectivity index (χ2v) is 7.60. The Balaban J connectivity index is 1.92. The number of hydrogen-bond acceptors (Lipinski definition) is 1. The van der Waals surface area contributed by atoms with Crippen LogP contribution >= 0.6 is 15.9 Å². The highest BCUT2D eigenvalue weighted by Crippen LogP contribution is 2.41. The van der Waals surface area contributed by atoms with E-state index < -0.39 is 0 Å². The van der Waals surface area contributed by atoms with E-state index in [0.29, 0.717) is 0 Å². The van der Waals surface area contributed by atoms with Gasteiger partial charge in [0, 0.05) is 27.2 Å². The van der Waals surface area contributed by atoms with Crippen molar-refractivity contribution in [3.63, 3.8) is 0 Å². The maximum atomic E-state index is 6.42. The van der Waals surface area contributed by atoms with Gasteiger partial charge in [-0.15, -0.1) is 0 Å². The fourth-order valence-electron chi connectivity index (χ4n) is 4.11. The lowest BCUT2D eigenvalue weighted by Gasteiger charge is -2.07. The molecule has 0 radical (unpaired) electrons. The number of halogens is 1. The summed E-state index contributed by atoms with van der Waals surface area (Å²) in [5, 5.41) is 4.71. The third kappa shape index (κ3) is 2.00. The number of benzene rings is 4. The molecule has 0 unspecified atom stereocenters. The second kappa shape index (κ2) is 5.48. The van der Waals surface area contributed by atoms with Crippen molar-refractivity contribution in [1.29, 1.82) is 0 Å². The van der Waals surface area contributed by atoms with Crippen molar-refractivity contribution >= 4 is 59.7 Å². The molecule has 2 aromatic heterocycles. The van der Waals surface area contributed by atoms with E-state index in [1.807, 2.05) is 12.1 Å². The summed E-state index contributed by atoms with van der Waals surface area (Å²) in [6.45, 7) is 0. The van der Waals surface area contributed by atoms with E-state index in [9.17, 15) is 0 Å². The minimum Gasteiger partial charge on any atom is -0.453 e. The van der Waals surface area contributed by atoms with Gasteiger partial charge < -0.3 is 8.98 Å². The summed E-state index contributed by atoms with van der Waals surface area (Å²) in [4.78, 5) is 0. The third-order valence-electron chi connectivity index (χ3n) is 5.27. The lowest BCUT2D eigenvalue weighted by Crippen LogP contribution is -1.93. The zero-order valence-corrected chi connectivity index (χ0v) is 15.9. The Bertz CT molecular complexity index is 1470. The predicted molar refractivity (Wildman–Crippen MR) is 116 cm³/mol. The summed E-state index contributed by atoms with van der Waals surface area (Å²) in [7, 11) is 0. The van der Waals surface area contributed by atoms with Crippen molar-refractivity contribution in [3.8, 4) is 5.69 Å². The van der Waals surface area contributed by atoms with Gasteiger partial charge in [-0.25, -0.2) is 0 Å². The fraction of sp³-hybridized carbons (Fsp3) is 0. The zero-order chi connectivity index (χ0) is 18.0. The van der Waals surface area contributed by atoms with Crippen molar-refractivity contribution in [2.75, 3.05) is 0 Å². The van der Waals surface area contributed by atoms with Gasteiger partial charge in [0.15, 0.2) is 5.58 Å². The van der Waals surface area contributed by atoms with Crippen LogP contribution in [0.25, 0.3) is 49.4 Å². The molecular weight excluding hydrogens is 398 g/mol. The average Bonchev–Trinajstić information content (AvgIpc) is 3.25. The van der Waals surface area contributed by atoms with Crippen LogP contribution < -0.4 is 0 Å². The van der Waals surface area contributed by atoms with Gasteiger partial charge in [-0.1, -0.05) is 54.6 Å². The Hall–Kier alpha value is -3.04. The Morgan fingerprint density at radius 1 is 0.593 bits per heavy atom. The van der Waals surface area contributed by atoms with Crippen LogP contribution in [0.15, 0.2) is 93.8 Å². The summed E-state index contributed by atoms with van der Waals surface area (Å²) in [5.41, 5.74) is 5.25. The Morgan fingerprint density at radius 3 is 2.19 bits per heavy atom. The molecular formula is C24H14BrNO. The van der Waals surface area contributed by atoms with Gasteiger partial charge in [-0.05, 0) is 46.3 Å². The molecule has 0 aliphatic heterocycles. The molecule has 0 amide bonds. The highest BCUT2D eigenvalue weighted by Gasteiger charge is 2.19. The van der Waals surface area contributed by atoms with E-state index in [0.717, 1.165) is 37.6 Å². The van der Waals surface area contributed by atoms with Crippen molar-refractivity contribution in [1.82, 2.24) is 4.57 Å². The van der Waals surface area contributed by atoms with Crippen LogP contribution in [-0.4, -0.2) is 4.57 Å². The lowest BCUT2D eigenvalue weighted by atomic mass is 10.1. The molecule has 27 heavy (non-hydrogen) atoms. The van der Waals surface area contributed by atoms with E-state index in [1.165, 1.54) is 16.3 Å². The van der Waals surface area contributed by atoms with Gasteiger partial charge in [0.1, 0.15) is 5.58 Å². The largest absolute Gasteiger partial charge is 0.453 e. The zero-order valence-electron chi connectivity index (χ0n) is 14.3. The molecule has 6 aromatic rings. The summed E-state index contributed by atoms with van der Waals surface area (Å²) >= 11 is 3.64. The predicted octanol–water partition coefficient (Wildman–Crippen LogP) is 7.45. The molecule has 0 saturated heterocycles. The van der Waals surface area contributed by atoms with Gasteiger partial charge >= 0.3 is 0 Å². The number of hydrogen-bond donors (Lipinski definition) is 0. The van der Waals surface area contributed by atoms with E-state index in [4.69, 9.17) is 4.42 Å². The first-order valence-corrected chi connectivity index (χ1v) is 9.70. The van der Waals surface area contributed by atoms with E-state index in [-0.39, 0.29) is 0 Å². The lowest BCUT2D eigenvalue weighted by molar-refractivity contribution is 0.669. The molecule has 0 saturated carbocycles. The maximum absolute atomic E-state index is 6.42. The third-order valence-corrected chi connectivity index (χ3v) is 5.89. The highest BCUT2D eigenvalue weighted by molar-refractivity contribution is 9.10. The van der Waals surface area contributed by atoms with Crippen LogP contribution in [0.1, 0.15) is 0 Å². The van der Waals surface area contributed by atoms with Crippen molar-refractivity contribution in [2.24, 2.45) is 0 Å². The molecule has 0 aliphatic rings. The standard InChI is InChI=1S/C24H14BrNO/c25-20-11-6-10-18-19-14-13-17-16-9-4-5-12-21(16)26(15-7-2-1-3-8-15)22(17)24(19)27-23(18)20/h1-14H. The summed E-state index contributed by atoms with van der Waals surface area (Å²) in [6, 6.07) is 29.6. The first-order chi connectivity index (χ1) is 13.3. The molecule has 2 heterocycles. The van der Waals surface area contributed by atoms with Crippen molar-refractivity contribution in [2.45, 2.75) is 0 Å². The number of aromatic nitrogens is 1. The molecule has 0 bridgehead atoms. The molecule has 0 atom stereocenters. The molecule has 2 nitrogen and oxygen atoms in total. The SMILES string of the molecule is Brc1cccc2c1oc1c2ccc2c3ccccc3n(-c3ccccc3)c21. The van der Waals surface area contributed by atoms with Gasteiger partial charge in [0.05, 0.1) is 15.5 Å². The Kier molecular flexibility index (Phi) is 3.06. The first-order valence-electron chi connectivity index (χ1n) is 8.91. The first kappa shape index (κ1) is 15.1. The van der Waals surface area contributed by atoms with E-state index >= 15 is 0 Å². The Labute approximate surface area is 163 Å². The monoisotopic (exact) mass is 411 g/mol. The molecule has 3 heteroatoms. The van der Waals surface area contributed by atoms with Crippen molar-refractivity contribution in [3.05, 3.63) is 89.4 Å². The minimum absolute atomic E-state index is 0.893. The molecule has 6 rings (SSSR count). The summed E-state index contributed by atoms with van der Waals surface area (Å²) in [5.74, 6) is 0. The molecule has 0 spiro atoms. The van der Waals surface area contributed by atoms with Gasteiger partial charge in [0.2, 0.25) is 0 Å². The van der Waals surface area contributed by atoms with E-state index in [2.05, 4.69) is 93.3 Å². The number of para-hydroxylation sites is 3. The number of nitrogens with zero attached hydrogens (tertiary/aromatic N) is 1. The molecule has 0 N–H and O–H groups in total. The molecule has 0 aliphatic carbocycles. The Morgan fingerprint density at radius 2 is 1.30 bits per heavy atom. The molecule has 0 fully saturated rings. The molecule has 4 aromatic carbocycles. The van der Waals surface area contributed by atoms with Crippen LogP contribution in [-0.2, 0) is 0 Å². The number of furan rings is 1. The fourth-order valence-corrected chi connectivity index (χ4v) is 4.56. The van der Waals surface area contributed by atoms with Crippen molar-refractivity contribution < 1.29 is 4.42 Å². The van der Waals surface area contributed by atoms with Gasteiger partial charge in [-0.2, -0.15) is 0 Å². The topological polar surface area (TPSA) is 18.1 Å². The average molecular weight is 412 g/mol.